The Kier molecular flexibility index (Phi) is 7.91. The predicted octanol–water partition coefficient (Wildman–Crippen LogP) is 10.4. The number of allylic oxidation sites excluding steroid dienone is 2. The topological polar surface area (TPSA) is 54.1 Å². The summed E-state index contributed by atoms with van der Waals surface area (Å²) in [6, 6.07) is 24.9. The fraction of sp³-hybridized carbons (Fsp3) is 0.317. The maximum Gasteiger partial charge on any atom is 0.141 e. The average molecular weight is 625 g/mol. The lowest BCUT2D eigenvalue weighted by molar-refractivity contribution is 0.317. The normalized spacial score (nSPS) is 18.2. The van der Waals surface area contributed by atoms with Crippen molar-refractivity contribution in [3.63, 3.8) is 0 Å². The first-order valence-corrected chi connectivity index (χ1v) is 16.7. The van der Waals surface area contributed by atoms with Crippen LogP contribution >= 0.6 is 0 Å². The summed E-state index contributed by atoms with van der Waals surface area (Å²) in [4.78, 5) is 4.70. The van der Waals surface area contributed by atoms with E-state index in [-0.39, 0.29) is 0 Å². The Bertz CT molecular complexity index is 2150. The molecule has 240 valence electrons. The highest BCUT2D eigenvalue weighted by molar-refractivity contribution is 6.09. The maximum absolute atomic E-state index is 6.61. The number of benzene rings is 3. The van der Waals surface area contributed by atoms with Crippen LogP contribution in [0, 0.1) is 38.5 Å². The second-order valence-corrected chi connectivity index (χ2v) is 13.7. The molecule has 0 amide bonds. The van der Waals surface area contributed by atoms with Crippen LogP contribution in [0.25, 0.3) is 33.3 Å². The van der Waals surface area contributed by atoms with Crippen molar-refractivity contribution >= 4 is 21.8 Å². The van der Waals surface area contributed by atoms with Crippen molar-refractivity contribution in [1.82, 2.24) is 19.3 Å². The molecule has 6 heteroatoms. The zero-order valence-electron chi connectivity index (χ0n) is 28.7. The number of hydrogen-bond acceptors (Lipinski definition) is 4. The molecule has 3 atom stereocenters. The first-order chi connectivity index (χ1) is 22.6. The fourth-order valence-electron chi connectivity index (χ4n) is 7.81. The molecule has 0 N–H and O–H groups in total. The smallest absolute Gasteiger partial charge is 0.141 e. The van der Waals surface area contributed by atoms with Crippen molar-refractivity contribution < 1.29 is 9.47 Å². The number of aryl methyl sites for hydroxylation is 2. The number of hydrogen-bond donors (Lipinski definition) is 0. The van der Waals surface area contributed by atoms with E-state index in [9.17, 15) is 0 Å². The van der Waals surface area contributed by atoms with E-state index >= 15 is 0 Å². The van der Waals surface area contributed by atoms with E-state index in [1.54, 1.807) is 13.3 Å². The highest BCUT2D eigenvalue weighted by atomic mass is 16.5. The van der Waals surface area contributed by atoms with Gasteiger partial charge in [0.25, 0.3) is 0 Å². The highest BCUT2D eigenvalue weighted by Crippen LogP contribution is 2.45. The van der Waals surface area contributed by atoms with Gasteiger partial charge in [-0.1, -0.05) is 50.6 Å². The molecule has 7 rings (SSSR count). The van der Waals surface area contributed by atoms with Gasteiger partial charge in [-0.25, -0.2) is 9.67 Å². The molecule has 1 aliphatic carbocycles. The summed E-state index contributed by atoms with van der Waals surface area (Å²) in [6.45, 7) is 15.9. The molecule has 3 aromatic carbocycles. The molecule has 6 nitrogen and oxygen atoms in total. The Morgan fingerprint density at radius 1 is 0.830 bits per heavy atom. The summed E-state index contributed by atoms with van der Waals surface area (Å²) in [5, 5.41) is 7.40. The van der Waals surface area contributed by atoms with Crippen molar-refractivity contribution in [2.24, 2.45) is 17.8 Å². The van der Waals surface area contributed by atoms with Gasteiger partial charge in [0.15, 0.2) is 0 Å². The number of rotatable bonds is 7. The molecular formula is C41H44N4O2. The zero-order chi connectivity index (χ0) is 33.0. The summed E-state index contributed by atoms with van der Waals surface area (Å²) >= 11 is 0. The highest BCUT2D eigenvalue weighted by Gasteiger charge is 2.33. The molecule has 1 aliphatic rings. The standard InChI is InChI=1S/C41H44N4O2/c1-24(2)30-19-26(4)40(27(5)20-30)41-28(6)43-45(29(41)7)31-17-25(3)18-34(21-31)47-33-13-14-36-35-11-9-10-12-37(35)44(38(36)22-33)39-23-32(46-8)15-16-42-39/h9-19,21-24,27,30,40H,20H2,1-8H3/t27-,30-,40?/m0/s1. The number of fused-ring (bicyclic) bond motifs is 3. The average Bonchev–Trinajstić information content (AvgIpc) is 3.53. The SMILES string of the molecule is COc1ccnc(-n2c3ccccc3c3ccc(Oc4cc(C)cc(-n5nc(C)c(C6C(C)=C[C@H](C(C)C)C[C@@H]6C)c5C)c4)cc32)c1. The van der Waals surface area contributed by atoms with Gasteiger partial charge >= 0.3 is 0 Å². The number of aromatic nitrogens is 4. The first kappa shape index (κ1) is 30.8. The van der Waals surface area contributed by atoms with Crippen molar-refractivity contribution in [3.05, 3.63) is 113 Å². The Morgan fingerprint density at radius 3 is 2.38 bits per heavy atom. The van der Waals surface area contributed by atoms with Crippen molar-refractivity contribution in [2.45, 2.75) is 60.8 Å². The largest absolute Gasteiger partial charge is 0.497 e. The van der Waals surface area contributed by atoms with Crippen LogP contribution in [0.15, 0.2) is 90.6 Å². The zero-order valence-corrected chi connectivity index (χ0v) is 28.7. The number of ether oxygens (including phenoxy) is 2. The molecule has 47 heavy (non-hydrogen) atoms. The minimum Gasteiger partial charge on any atom is -0.497 e. The quantitative estimate of drug-likeness (QED) is 0.166. The van der Waals surface area contributed by atoms with Crippen LogP contribution in [0.3, 0.4) is 0 Å². The van der Waals surface area contributed by atoms with Crippen molar-refractivity contribution in [1.29, 1.82) is 0 Å². The summed E-state index contributed by atoms with van der Waals surface area (Å²) < 4.78 is 16.4. The first-order valence-electron chi connectivity index (χ1n) is 16.7. The third-order valence-corrected chi connectivity index (χ3v) is 10.0. The van der Waals surface area contributed by atoms with Gasteiger partial charge in [0.05, 0.1) is 29.5 Å². The van der Waals surface area contributed by atoms with Gasteiger partial charge in [0, 0.05) is 52.3 Å². The molecule has 3 aromatic heterocycles. The van der Waals surface area contributed by atoms with Gasteiger partial charge in [0.1, 0.15) is 23.1 Å². The third-order valence-electron chi connectivity index (χ3n) is 10.0. The molecule has 0 aliphatic heterocycles. The summed E-state index contributed by atoms with van der Waals surface area (Å²) in [5.74, 6) is 5.34. The maximum atomic E-state index is 6.61. The second-order valence-electron chi connectivity index (χ2n) is 13.7. The molecule has 3 heterocycles. The molecule has 0 saturated heterocycles. The molecule has 0 saturated carbocycles. The van der Waals surface area contributed by atoms with Gasteiger partial charge < -0.3 is 9.47 Å². The third kappa shape index (κ3) is 5.50. The summed E-state index contributed by atoms with van der Waals surface area (Å²) in [6.07, 6.45) is 5.51. The van der Waals surface area contributed by atoms with E-state index in [0.717, 1.165) is 61.8 Å². The van der Waals surface area contributed by atoms with Crippen LogP contribution < -0.4 is 9.47 Å². The van der Waals surface area contributed by atoms with E-state index < -0.39 is 0 Å². The predicted molar refractivity (Wildman–Crippen MR) is 192 cm³/mol. The monoisotopic (exact) mass is 624 g/mol. The minimum absolute atomic E-state index is 0.386. The van der Waals surface area contributed by atoms with Crippen molar-refractivity contribution in [3.8, 4) is 28.8 Å². The number of pyridine rings is 1. The Labute approximate surface area is 277 Å². The number of para-hydroxylation sites is 1. The number of nitrogens with zero attached hydrogens (tertiary/aromatic N) is 4. The lowest BCUT2D eigenvalue weighted by Gasteiger charge is -2.35. The van der Waals surface area contributed by atoms with E-state index in [1.807, 2.05) is 18.2 Å². The van der Waals surface area contributed by atoms with E-state index in [4.69, 9.17) is 19.6 Å². The molecule has 0 bridgehead atoms. The second kappa shape index (κ2) is 12.1. The number of methoxy groups -OCH3 is 1. The van der Waals surface area contributed by atoms with Crippen LogP contribution in [-0.2, 0) is 0 Å². The van der Waals surface area contributed by atoms with E-state index in [1.165, 1.54) is 23.3 Å². The minimum atomic E-state index is 0.386. The summed E-state index contributed by atoms with van der Waals surface area (Å²) in [5.41, 5.74) is 9.35. The Morgan fingerprint density at radius 2 is 1.62 bits per heavy atom. The Hall–Kier alpha value is -4.84. The van der Waals surface area contributed by atoms with E-state index in [2.05, 4.69) is 118 Å². The van der Waals surface area contributed by atoms with Crippen LogP contribution in [0.1, 0.15) is 62.5 Å². The van der Waals surface area contributed by atoms with E-state index in [0.29, 0.717) is 23.7 Å². The molecular weight excluding hydrogens is 580 g/mol. The van der Waals surface area contributed by atoms with Crippen molar-refractivity contribution in [2.75, 3.05) is 7.11 Å². The van der Waals surface area contributed by atoms with Gasteiger partial charge in [-0.3, -0.25) is 4.57 Å². The van der Waals surface area contributed by atoms with Crippen LogP contribution in [0.5, 0.6) is 17.2 Å². The van der Waals surface area contributed by atoms with Crippen LogP contribution in [0.4, 0.5) is 0 Å². The molecule has 0 fully saturated rings. The van der Waals surface area contributed by atoms with Gasteiger partial charge in [-0.2, -0.15) is 5.10 Å². The Balaban J connectivity index is 1.26. The molecule has 0 spiro atoms. The van der Waals surface area contributed by atoms with Crippen LogP contribution in [0.2, 0.25) is 0 Å². The van der Waals surface area contributed by atoms with Crippen LogP contribution in [-0.4, -0.2) is 26.4 Å². The summed E-state index contributed by atoms with van der Waals surface area (Å²) in [7, 11) is 1.68. The fourth-order valence-corrected chi connectivity index (χ4v) is 7.81. The lowest BCUT2D eigenvalue weighted by Crippen LogP contribution is -2.24. The molecule has 1 unspecified atom stereocenters. The molecule has 0 radical (unpaired) electrons. The molecule has 6 aromatic rings. The van der Waals surface area contributed by atoms with Gasteiger partial charge in [0.2, 0.25) is 0 Å². The van der Waals surface area contributed by atoms with Gasteiger partial charge in [-0.15, -0.1) is 0 Å². The lowest BCUT2D eigenvalue weighted by atomic mass is 9.69. The van der Waals surface area contributed by atoms with Gasteiger partial charge in [-0.05, 0) is 93.8 Å².